The van der Waals surface area contributed by atoms with E-state index in [1.165, 1.54) is 0 Å². The number of benzene rings is 3. The van der Waals surface area contributed by atoms with Crippen LogP contribution in [0.1, 0.15) is 31.9 Å². The fourth-order valence-corrected chi connectivity index (χ4v) is 3.59. The summed E-state index contributed by atoms with van der Waals surface area (Å²) in [6.07, 6.45) is 1.58. The van der Waals surface area contributed by atoms with Crippen molar-refractivity contribution in [2.24, 2.45) is 0 Å². The lowest BCUT2D eigenvalue weighted by molar-refractivity contribution is -0.139. The molecule has 3 aromatic carbocycles. The van der Waals surface area contributed by atoms with Crippen molar-refractivity contribution in [2.45, 2.75) is 27.4 Å². The maximum absolute atomic E-state index is 12.4. The van der Waals surface area contributed by atoms with Gasteiger partial charge in [-0.2, -0.15) is 0 Å². The minimum atomic E-state index is -1.08. The summed E-state index contributed by atoms with van der Waals surface area (Å²) in [4.78, 5) is 25.3. The van der Waals surface area contributed by atoms with Gasteiger partial charge in [0.2, 0.25) is 5.91 Å². The molecule has 1 N–H and O–H groups in total. The van der Waals surface area contributed by atoms with Crippen molar-refractivity contribution in [3.8, 4) is 11.5 Å². The molecule has 0 radical (unpaired) electrons. The van der Waals surface area contributed by atoms with Gasteiger partial charge in [0.25, 0.3) is 0 Å². The molecule has 0 aliphatic rings. The average Bonchev–Trinajstić information content (AvgIpc) is 2.82. The van der Waals surface area contributed by atoms with Gasteiger partial charge in [-0.3, -0.25) is 4.79 Å². The van der Waals surface area contributed by atoms with E-state index in [4.69, 9.17) is 14.6 Å². The third-order valence-electron chi connectivity index (χ3n) is 5.43. The number of carbonyl (C=O) groups is 2. The van der Waals surface area contributed by atoms with Crippen molar-refractivity contribution >= 4 is 28.2 Å². The van der Waals surface area contributed by atoms with Crippen molar-refractivity contribution in [2.75, 3.05) is 19.7 Å². The zero-order valence-corrected chi connectivity index (χ0v) is 19.2. The van der Waals surface area contributed by atoms with Crippen LogP contribution in [-0.4, -0.2) is 41.6 Å². The Labute approximate surface area is 194 Å². The van der Waals surface area contributed by atoms with Crippen LogP contribution in [0, 0.1) is 0 Å². The van der Waals surface area contributed by atoms with Crippen LogP contribution in [0.2, 0.25) is 0 Å². The fourth-order valence-electron chi connectivity index (χ4n) is 3.59. The Hall–Kier alpha value is -3.80. The maximum Gasteiger partial charge on any atom is 0.341 e. The monoisotopic (exact) mass is 447 g/mol. The van der Waals surface area contributed by atoms with Crippen LogP contribution in [0.4, 0.5) is 0 Å². The summed E-state index contributed by atoms with van der Waals surface area (Å²) in [6.45, 7) is 6.79. The first kappa shape index (κ1) is 23.9. The Kier molecular flexibility index (Phi) is 8.08. The molecule has 1 amide bonds. The summed E-state index contributed by atoms with van der Waals surface area (Å²) < 4.78 is 11.6. The summed E-state index contributed by atoms with van der Waals surface area (Å²) in [5.41, 5.74) is 2.53. The number of allylic oxidation sites excluding steroid dienone is 1. The number of rotatable bonds is 10. The number of amides is 1. The second-order valence-electron chi connectivity index (χ2n) is 7.61. The lowest BCUT2D eigenvalue weighted by atomic mass is 10.0. The molecule has 6 nitrogen and oxygen atoms in total. The van der Waals surface area contributed by atoms with Crippen LogP contribution < -0.4 is 9.47 Å². The molecule has 3 rings (SSSR count). The second-order valence-corrected chi connectivity index (χ2v) is 7.61. The molecule has 0 unspecified atom stereocenters. The van der Waals surface area contributed by atoms with Gasteiger partial charge in [0.15, 0.2) is 18.1 Å². The molecule has 0 atom stereocenters. The Morgan fingerprint density at radius 1 is 0.939 bits per heavy atom. The molecule has 6 heteroatoms. The molecule has 0 fully saturated rings. The summed E-state index contributed by atoms with van der Waals surface area (Å²) in [7, 11) is 0. The number of likely N-dealkylation sites (N-methyl/N-ethyl adjacent to an activating group) is 1. The quantitative estimate of drug-likeness (QED) is 0.435. The lowest BCUT2D eigenvalue weighted by Crippen LogP contribution is -2.28. The molecular formula is C27H29NO5. The number of ether oxygens (including phenoxy) is 2. The van der Waals surface area contributed by atoms with E-state index >= 15 is 0 Å². The number of carbonyl (C=O) groups excluding carboxylic acids is 1. The Balaban J connectivity index is 1.86. The molecule has 0 saturated heterocycles. The predicted octanol–water partition coefficient (Wildman–Crippen LogP) is 5.15. The first-order valence-electron chi connectivity index (χ1n) is 11.0. The maximum atomic E-state index is 12.4. The number of fused-ring (bicyclic) bond motifs is 1. The fraction of sp³-hybridized carbons (Fsp3) is 0.259. The van der Waals surface area contributed by atoms with Gasteiger partial charge < -0.3 is 19.5 Å². The van der Waals surface area contributed by atoms with Gasteiger partial charge in [-0.25, -0.2) is 4.79 Å². The number of hydrogen-bond acceptors (Lipinski definition) is 4. The summed E-state index contributed by atoms with van der Waals surface area (Å²) >= 11 is 0. The largest absolute Gasteiger partial charge is 0.485 e. The molecule has 172 valence electrons. The van der Waals surface area contributed by atoms with Gasteiger partial charge >= 0.3 is 5.97 Å². The van der Waals surface area contributed by atoms with Crippen LogP contribution in [0.15, 0.2) is 66.7 Å². The predicted molar refractivity (Wildman–Crippen MR) is 129 cm³/mol. The Bertz CT molecular complexity index is 1160. The highest BCUT2D eigenvalue weighted by Crippen LogP contribution is 2.32. The van der Waals surface area contributed by atoms with Crippen molar-refractivity contribution in [1.29, 1.82) is 0 Å². The van der Waals surface area contributed by atoms with E-state index in [9.17, 15) is 9.59 Å². The Morgan fingerprint density at radius 2 is 1.67 bits per heavy atom. The van der Waals surface area contributed by atoms with Gasteiger partial charge in [0, 0.05) is 19.2 Å². The van der Waals surface area contributed by atoms with Crippen LogP contribution >= 0.6 is 0 Å². The third-order valence-corrected chi connectivity index (χ3v) is 5.43. The zero-order valence-electron chi connectivity index (χ0n) is 19.2. The summed E-state index contributed by atoms with van der Waals surface area (Å²) in [6, 6.07) is 19.4. The van der Waals surface area contributed by atoms with E-state index in [1.807, 2.05) is 69.3 Å². The summed E-state index contributed by atoms with van der Waals surface area (Å²) in [5.74, 6) is -0.389. The molecule has 0 aliphatic carbocycles. The van der Waals surface area contributed by atoms with Gasteiger partial charge in [0.05, 0.1) is 0 Å². The van der Waals surface area contributed by atoms with Crippen LogP contribution in [-0.2, 0) is 16.2 Å². The minimum Gasteiger partial charge on any atom is -0.485 e. The molecule has 33 heavy (non-hydrogen) atoms. The highest BCUT2D eigenvalue weighted by molar-refractivity contribution is 5.95. The van der Waals surface area contributed by atoms with Crippen LogP contribution in [0.25, 0.3) is 16.3 Å². The molecule has 0 spiro atoms. The number of nitrogens with zero attached hydrogens (tertiary/aromatic N) is 1. The normalized spacial score (nSPS) is 11.3. The molecular weight excluding hydrogens is 418 g/mol. The SMILES string of the molecule is CCN(CC)C(=O)/C=C(\C)c1ccc(OCc2cccc3ccccc23)c(OCC(=O)O)c1. The molecule has 0 bridgehead atoms. The topological polar surface area (TPSA) is 76.1 Å². The second kappa shape index (κ2) is 11.2. The standard InChI is InChI=1S/C27H29NO5/c1-4-28(5-2)26(29)15-19(3)21-13-14-24(25(16-21)33-18-27(30)31)32-17-22-11-8-10-20-9-6-7-12-23(20)22/h6-16H,4-5,17-18H2,1-3H3,(H,30,31)/b19-15+. The van der Waals surface area contributed by atoms with E-state index in [2.05, 4.69) is 0 Å². The molecule has 0 heterocycles. The van der Waals surface area contributed by atoms with Gasteiger partial charge in [-0.05, 0) is 60.4 Å². The van der Waals surface area contributed by atoms with Gasteiger partial charge in [0.1, 0.15) is 6.61 Å². The minimum absolute atomic E-state index is 0.0678. The van der Waals surface area contributed by atoms with Crippen molar-refractivity contribution in [1.82, 2.24) is 4.90 Å². The summed E-state index contributed by atoms with van der Waals surface area (Å²) in [5, 5.41) is 11.3. The first-order valence-corrected chi connectivity index (χ1v) is 11.0. The molecule has 0 saturated carbocycles. The van der Waals surface area contributed by atoms with Crippen molar-refractivity contribution in [3.05, 3.63) is 77.9 Å². The number of hydrogen-bond donors (Lipinski definition) is 1. The first-order chi connectivity index (χ1) is 15.9. The van der Waals surface area contributed by atoms with E-state index < -0.39 is 12.6 Å². The third kappa shape index (κ3) is 6.13. The number of carboxylic acid groups (broad SMARTS) is 1. The lowest BCUT2D eigenvalue weighted by Gasteiger charge is -2.17. The van der Waals surface area contributed by atoms with Gasteiger partial charge in [-0.15, -0.1) is 0 Å². The van der Waals surface area contributed by atoms with Gasteiger partial charge in [-0.1, -0.05) is 48.5 Å². The smallest absolute Gasteiger partial charge is 0.341 e. The molecule has 0 aromatic heterocycles. The number of carboxylic acids is 1. The van der Waals surface area contributed by atoms with E-state index in [0.29, 0.717) is 31.2 Å². The number of aliphatic carboxylic acids is 1. The van der Waals surface area contributed by atoms with E-state index in [-0.39, 0.29) is 5.91 Å². The van der Waals surface area contributed by atoms with E-state index in [1.54, 1.807) is 23.1 Å². The van der Waals surface area contributed by atoms with Crippen LogP contribution in [0.3, 0.4) is 0 Å². The zero-order chi connectivity index (χ0) is 23.8. The Morgan fingerprint density at radius 3 is 2.39 bits per heavy atom. The highest BCUT2D eigenvalue weighted by Gasteiger charge is 2.13. The molecule has 3 aromatic rings. The average molecular weight is 448 g/mol. The van der Waals surface area contributed by atoms with Crippen molar-refractivity contribution < 1.29 is 24.2 Å². The highest BCUT2D eigenvalue weighted by atomic mass is 16.5. The van der Waals surface area contributed by atoms with E-state index in [0.717, 1.165) is 27.5 Å². The van der Waals surface area contributed by atoms with Crippen LogP contribution in [0.5, 0.6) is 11.5 Å². The molecule has 0 aliphatic heterocycles. The van der Waals surface area contributed by atoms with Crippen molar-refractivity contribution in [3.63, 3.8) is 0 Å².